The van der Waals surface area contributed by atoms with Crippen LogP contribution in [0.25, 0.3) is 11.1 Å². The molecule has 0 saturated carbocycles. The molecule has 1 amide bonds. The summed E-state index contributed by atoms with van der Waals surface area (Å²) in [5.74, 6) is -0.0898. The number of nitriles is 1. The van der Waals surface area contributed by atoms with Gasteiger partial charge in [0.25, 0.3) is 0 Å². The van der Waals surface area contributed by atoms with Crippen LogP contribution in [0.5, 0.6) is 0 Å². The Labute approximate surface area is 169 Å². The van der Waals surface area contributed by atoms with E-state index in [2.05, 4.69) is 11.4 Å². The smallest absolute Gasteiger partial charge is 0.423 e. The first-order valence-electron chi connectivity index (χ1n) is 9.45. The number of anilines is 1. The predicted molar refractivity (Wildman–Crippen MR) is 112 cm³/mol. The number of nitrogens with one attached hydrogen (secondary N) is 1. The maximum Gasteiger partial charge on any atom is 0.492 e. The van der Waals surface area contributed by atoms with E-state index in [0.29, 0.717) is 25.0 Å². The van der Waals surface area contributed by atoms with Crippen molar-refractivity contribution in [3.8, 4) is 17.2 Å². The van der Waals surface area contributed by atoms with Crippen LogP contribution in [0, 0.1) is 11.3 Å². The van der Waals surface area contributed by atoms with Crippen LogP contribution in [0.4, 0.5) is 5.69 Å². The molecule has 0 unspecified atom stereocenters. The van der Waals surface area contributed by atoms with Crippen molar-refractivity contribution in [2.45, 2.75) is 19.4 Å². The Morgan fingerprint density at radius 1 is 1.10 bits per heavy atom. The molecule has 3 aromatic carbocycles. The van der Waals surface area contributed by atoms with E-state index >= 15 is 0 Å². The number of aryl methyl sites for hydroxylation is 1. The van der Waals surface area contributed by atoms with Crippen molar-refractivity contribution in [3.05, 3.63) is 83.4 Å². The van der Waals surface area contributed by atoms with Gasteiger partial charge in [0.05, 0.1) is 18.2 Å². The summed E-state index contributed by atoms with van der Waals surface area (Å²) in [4.78, 5) is 12.5. The van der Waals surface area contributed by atoms with E-state index in [9.17, 15) is 9.82 Å². The highest BCUT2D eigenvalue weighted by molar-refractivity contribution is 6.62. The van der Waals surface area contributed by atoms with E-state index in [0.717, 1.165) is 33.4 Å². The Kier molecular flexibility index (Phi) is 5.43. The third-order valence-electron chi connectivity index (χ3n) is 5.05. The summed E-state index contributed by atoms with van der Waals surface area (Å²) >= 11 is 0. The van der Waals surface area contributed by atoms with Crippen LogP contribution in [-0.4, -0.2) is 18.0 Å². The lowest BCUT2D eigenvalue weighted by Crippen LogP contribution is -2.31. The average molecular weight is 382 g/mol. The third kappa shape index (κ3) is 4.22. The van der Waals surface area contributed by atoms with Crippen molar-refractivity contribution in [3.63, 3.8) is 0 Å². The zero-order chi connectivity index (χ0) is 20.2. The van der Waals surface area contributed by atoms with Crippen molar-refractivity contribution < 1.29 is 14.5 Å². The second-order valence-electron chi connectivity index (χ2n) is 6.97. The number of rotatable bonds is 5. The Bertz CT molecular complexity index is 1090. The average Bonchev–Trinajstić information content (AvgIpc) is 3.14. The molecule has 0 aliphatic carbocycles. The lowest BCUT2D eigenvalue weighted by Gasteiger charge is -2.10. The van der Waals surface area contributed by atoms with E-state index in [1.165, 1.54) is 0 Å². The molecule has 1 heterocycles. The van der Waals surface area contributed by atoms with Gasteiger partial charge in [-0.25, -0.2) is 0 Å². The van der Waals surface area contributed by atoms with Crippen LogP contribution in [0.1, 0.15) is 23.1 Å². The van der Waals surface area contributed by atoms with Crippen molar-refractivity contribution in [2.24, 2.45) is 0 Å². The van der Waals surface area contributed by atoms with E-state index in [-0.39, 0.29) is 5.91 Å². The molecule has 3 aromatic rings. The van der Waals surface area contributed by atoms with Gasteiger partial charge in [-0.3, -0.25) is 4.79 Å². The van der Waals surface area contributed by atoms with Gasteiger partial charge in [0.15, 0.2) is 0 Å². The minimum absolute atomic E-state index is 0.0898. The van der Waals surface area contributed by atoms with E-state index in [4.69, 9.17) is 9.92 Å². The fourth-order valence-corrected chi connectivity index (χ4v) is 3.56. The van der Waals surface area contributed by atoms with Gasteiger partial charge in [0.1, 0.15) is 0 Å². The number of benzene rings is 3. The van der Waals surface area contributed by atoms with Crippen molar-refractivity contribution in [2.75, 3.05) is 5.32 Å². The molecule has 4 rings (SSSR count). The molecule has 0 aromatic heterocycles. The highest BCUT2D eigenvalue weighted by Gasteiger charge is 2.29. The van der Waals surface area contributed by atoms with Gasteiger partial charge in [-0.15, -0.1) is 0 Å². The Morgan fingerprint density at radius 3 is 2.69 bits per heavy atom. The number of carbonyl (C=O) groups excluding carboxylic acids is 1. The molecule has 0 fully saturated rings. The van der Waals surface area contributed by atoms with Crippen molar-refractivity contribution in [1.82, 2.24) is 0 Å². The van der Waals surface area contributed by atoms with Gasteiger partial charge in [0.2, 0.25) is 5.91 Å². The molecule has 0 bridgehead atoms. The molecule has 6 heteroatoms. The van der Waals surface area contributed by atoms with Crippen LogP contribution >= 0.6 is 0 Å². The minimum Gasteiger partial charge on any atom is -0.423 e. The van der Waals surface area contributed by atoms with E-state index in [1.54, 1.807) is 12.1 Å². The quantitative estimate of drug-likeness (QED) is 0.665. The highest BCUT2D eigenvalue weighted by Crippen LogP contribution is 2.23. The number of nitrogens with zero attached hydrogens (tertiary/aromatic N) is 1. The zero-order valence-electron chi connectivity index (χ0n) is 15.8. The second-order valence-corrected chi connectivity index (χ2v) is 6.97. The molecule has 2 N–H and O–H groups in total. The second kappa shape index (κ2) is 8.32. The first-order valence-corrected chi connectivity index (χ1v) is 9.45. The monoisotopic (exact) mass is 382 g/mol. The molecule has 1 aliphatic rings. The maximum atomic E-state index is 12.5. The molecule has 29 heavy (non-hydrogen) atoms. The van der Waals surface area contributed by atoms with Crippen LogP contribution < -0.4 is 10.8 Å². The topological polar surface area (TPSA) is 82.4 Å². The standard InChI is InChI=1S/C23H19BN2O3/c25-14-16-7-9-17(10-8-16)19-4-2-6-21(13-19)26-22(27)12-11-18-3-1-5-20-15-29-24(28)23(18)20/h1-10,13,28H,11-12,15H2,(H,26,27). The van der Waals surface area contributed by atoms with Gasteiger partial charge in [-0.2, -0.15) is 5.26 Å². The SMILES string of the molecule is N#Cc1ccc(-c2cccc(NC(=O)CCc3cccc4c3B(O)OC4)c2)cc1. The number of amides is 1. The summed E-state index contributed by atoms with van der Waals surface area (Å²) in [7, 11) is -0.909. The van der Waals surface area contributed by atoms with Crippen molar-refractivity contribution in [1.29, 1.82) is 5.26 Å². The van der Waals surface area contributed by atoms with Gasteiger partial charge in [0, 0.05) is 12.1 Å². The van der Waals surface area contributed by atoms with Crippen molar-refractivity contribution >= 4 is 24.2 Å². The molecule has 142 valence electrons. The number of hydrogen-bond donors (Lipinski definition) is 2. The number of hydrogen-bond acceptors (Lipinski definition) is 4. The Balaban J connectivity index is 1.42. The summed E-state index contributed by atoms with van der Waals surface area (Å²) in [6, 6.07) is 22.8. The summed E-state index contributed by atoms with van der Waals surface area (Å²) in [5.41, 5.74) is 5.99. The summed E-state index contributed by atoms with van der Waals surface area (Å²) in [5, 5.41) is 21.9. The molecule has 0 radical (unpaired) electrons. The third-order valence-corrected chi connectivity index (χ3v) is 5.05. The van der Waals surface area contributed by atoms with Gasteiger partial charge in [-0.1, -0.05) is 42.5 Å². The molecule has 5 nitrogen and oxygen atoms in total. The van der Waals surface area contributed by atoms with E-state index in [1.807, 2.05) is 54.6 Å². The first-order chi connectivity index (χ1) is 14.1. The number of carbonyl (C=O) groups is 1. The number of fused-ring (bicyclic) bond motifs is 1. The molecule has 1 aliphatic heterocycles. The summed E-state index contributed by atoms with van der Waals surface area (Å²) in [6.45, 7) is 0.401. The fourth-order valence-electron chi connectivity index (χ4n) is 3.56. The molecule has 0 saturated heterocycles. The zero-order valence-corrected chi connectivity index (χ0v) is 15.8. The normalized spacial score (nSPS) is 12.3. The van der Waals surface area contributed by atoms with Crippen LogP contribution in [0.2, 0.25) is 0 Å². The van der Waals surface area contributed by atoms with Crippen LogP contribution in [0.3, 0.4) is 0 Å². The Morgan fingerprint density at radius 2 is 1.90 bits per heavy atom. The Hall–Kier alpha value is -3.40. The summed E-state index contributed by atoms with van der Waals surface area (Å²) in [6.07, 6.45) is 0.842. The summed E-state index contributed by atoms with van der Waals surface area (Å²) < 4.78 is 5.27. The maximum absolute atomic E-state index is 12.5. The van der Waals surface area contributed by atoms with Gasteiger partial charge < -0.3 is 15.0 Å². The van der Waals surface area contributed by atoms with Gasteiger partial charge in [-0.05, 0) is 58.4 Å². The highest BCUT2D eigenvalue weighted by atomic mass is 16.5. The molecular weight excluding hydrogens is 363 g/mol. The molecule has 0 atom stereocenters. The first kappa shape index (κ1) is 18.9. The van der Waals surface area contributed by atoms with Crippen LogP contribution in [-0.2, 0) is 22.5 Å². The fraction of sp³-hybridized carbons (Fsp3) is 0.130. The lowest BCUT2D eigenvalue weighted by atomic mass is 9.75. The largest absolute Gasteiger partial charge is 0.492 e. The van der Waals surface area contributed by atoms with E-state index < -0.39 is 7.12 Å². The van der Waals surface area contributed by atoms with Crippen LogP contribution in [0.15, 0.2) is 66.7 Å². The van der Waals surface area contributed by atoms with Gasteiger partial charge >= 0.3 is 7.12 Å². The molecule has 0 spiro atoms. The predicted octanol–water partition coefficient (Wildman–Crippen LogP) is 3.01. The minimum atomic E-state index is -0.909. The molecular formula is C23H19BN2O3. The lowest BCUT2D eigenvalue weighted by molar-refractivity contribution is -0.116.